The maximum absolute atomic E-state index is 10.3. The van der Waals surface area contributed by atoms with Crippen LogP contribution >= 0.6 is 0 Å². The molecule has 1 heterocycles. The maximum Gasteiger partial charge on any atom is 0.137 e. The van der Waals surface area contributed by atoms with Crippen molar-refractivity contribution in [3.8, 4) is 0 Å². The maximum atomic E-state index is 10.3. The van der Waals surface area contributed by atoms with Crippen LogP contribution in [-0.2, 0) is 4.79 Å². The largest absolute Gasteiger partial charge is 0.302 e. The van der Waals surface area contributed by atoms with E-state index < -0.39 is 0 Å². The van der Waals surface area contributed by atoms with Gasteiger partial charge < -0.3 is 4.79 Å². The molecule has 0 aromatic heterocycles. The van der Waals surface area contributed by atoms with Crippen LogP contribution in [0, 0.1) is 6.92 Å². The second kappa shape index (κ2) is 3.71. The summed E-state index contributed by atoms with van der Waals surface area (Å²) in [5.41, 5.74) is 0. The molecule has 2 heteroatoms. The zero-order valence-electron chi connectivity index (χ0n) is 6.25. The predicted octanol–water partition coefficient (Wildman–Crippen LogP) is 0.874. The standard InChI is InChI=1S/C8H14NO/c1-8(7-10)9-5-3-2-4-6-9/h7-8H,1-6H2. The molecule has 1 unspecified atom stereocenters. The average Bonchev–Trinajstić information content (AvgIpc) is 2.05. The van der Waals surface area contributed by atoms with E-state index in [0.717, 1.165) is 19.4 Å². The van der Waals surface area contributed by atoms with E-state index in [9.17, 15) is 4.79 Å². The van der Waals surface area contributed by atoms with Gasteiger partial charge in [0.15, 0.2) is 0 Å². The summed E-state index contributed by atoms with van der Waals surface area (Å²) >= 11 is 0. The second-order valence-corrected chi connectivity index (χ2v) is 2.80. The molecule has 1 fully saturated rings. The SMILES string of the molecule is [CH2]C(C=O)N1CCCCC1. The summed E-state index contributed by atoms with van der Waals surface area (Å²) in [7, 11) is 0. The van der Waals surface area contributed by atoms with Crippen LogP contribution in [0.25, 0.3) is 0 Å². The van der Waals surface area contributed by atoms with Crippen molar-refractivity contribution in [2.24, 2.45) is 0 Å². The number of hydrogen-bond acceptors (Lipinski definition) is 2. The molecule has 57 valence electrons. The first-order chi connectivity index (χ1) is 4.84. The molecule has 10 heavy (non-hydrogen) atoms. The van der Waals surface area contributed by atoms with Gasteiger partial charge in [-0.25, -0.2) is 0 Å². The zero-order valence-corrected chi connectivity index (χ0v) is 6.25. The third-order valence-corrected chi connectivity index (χ3v) is 2.02. The Kier molecular flexibility index (Phi) is 2.87. The minimum absolute atomic E-state index is 0.111. The van der Waals surface area contributed by atoms with Gasteiger partial charge >= 0.3 is 0 Å². The van der Waals surface area contributed by atoms with Gasteiger partial charge in [-0.2, -0.15) is 0 Å². The van der Waals surface area contributed by atoms with Gasteiger partial charge in [-0.3, -0.25) is 4.90 Å². The van der Waals surface area contributed by atoms with Crippen molar-refractivity contribution >= 4 is 6.29 Å². The molecule has 0 bridgehead atoms. The fraction of sp³-hybridized carbons (Fsp3) is 0.750. The summed E-state index contributed by atoms with van der Waals surface area (Å²) in [6.07, 6.45) is 4.67. The summed E-state index contributed by atoms with van der Waals surface area (Å²) in [6, 6.07) is -0.111. The van der Waals surface area contributed by atoms with Crippen LogP contribution in [0.5, 0.6) is 0 Å². The van der Waals surface area contributed by atoms with E-state index in [2.05, 4.69) is 11.8 Å². The lowest BCUT2D eigenvalue weighted by Gasteiger charge is -2.28. The minimum atomic E-state index is -0.111. The monoisotopic (exact) mass is 140 g/mol. The summed E-state index contributed by atoms with van der Waals surface area (Å²) in [4.78, 5) is 12.4. The van der Waals surface area contributed by atoms with Crippen molar-refractivity contribution in [3.05, 3.63) is 6.92 Å². The van der Waals surface area contributed by atoms with Crippen molar-refractivity contribution in [2.75, 3.05) is 13.1 Å². The molecule has 0 aromatic rings. The van der Waals surface area contributed by atoms with Crippen molar-refractivity contribution in [1.29, 1.82) is 0 Å². The van der Waals surface area contributed by atoms with E-state index in [1.807, 2.05) is 0 Å². The van der Waals surface area contributed by atoms with Crippen LogP contribution < -0.4 is 0 Å². The van der Waals surface area contributed by atoms with E-state index in [1.54, 1.807) is 0 Å². The van der Waals surface area contributed by atoms with E-state index in [1.165, 1.54) is 19.3 Å². The number of nitrogens with zero attached hydrogens (tertiary/aromatic N) is 1. The lowest BCUT2D eigenvalue weighted by Crippen LogP contribution is -2.38. The third kappa shape index (κ3) is 1.81. The number of carbonyl (C=O) groups is 1. The molecule has 0 aromatic carbocycles. The topological polar surface area (TPSA) is 20.3 Å². The lowest BCUT2D eigenvalue weighted by atomic mass is 10.1. The molecule has 1 aliphatic heterocycles. The number of rotatable bonds is 2. The summed E-state index contributed by atoms with van der Waals surface area (Å²) < 4.78 is 0. The minimum Gasteiger partial charge on any atom is -0.302 e. The quantitative estimate of drug-likeness (QED) is 0.530. The van der Waals surface area contributed by atoms with E-state index >= 15 is 0 Å². The molecule has 1 aliphatic rings. The van der Waals surface area contributed by atoms with Crippen LogP contribution in [0.1, 0.15) is 19.3 Å². The Morgan fingerprint density at radius 2 is 1.90 bits per heavy atom. The molecule has 0 spiro atoms. The van der Waals surface area contributed by atoms with Gasteiger partial charge in [0, 0.05) is 0 Å². The molecular weight excluding hydrogens is 126 g/mol. The Bertz CT molecular complexity index is 108. The summed E-state index contributed by atoms with van der Waals surface area (Å²) in [5, 5.41) is 0. The highest BCUT2D eigenvalue weighted by atomic mass is 16.1. The first kappa shape index (κ1) is 7.73. The van der Waals surface area contributed by atoms with E-state index in [-0.39, 0.29) is 6.04 Å². The zero-order chi connectivity index (χ0) is 7.40. The molecule has 0 aliphatic carbocycles. The number of aldehydes is 1. The van der Waals surface area contributed by atoms with Crippen LogP contribution in [0.15, 0.2) is 0 Å². The molecule has 0 amide bonds. The number of likely N-dealkylation sites (tertiary alicyclic amines) is 1. The van der Waals surface area contributed by atoms with Crippen LogP contribution in [0.4, 0.5) is 0 Å². The van der Waals surface area contributed by atoms with Crippen LogP contribution in [0.2, 0.25) is 0 Å². The smallest absolute Gasteiger partial charge is 0.137 e. The molecule has 1 saturated heterocycles. The average molecular weight is 140 g/mol. The van der Waals surface area contributed by atoms with Gasteiger partial charge in [0.25, 0.3) is 0 Å². The van der Waals surface area contributed by atoms with Crippen molar-refractivity contribution in [2.45, 2.75) is 25.3 Å². The number of hydrogen-bond donors (Lipinski definition) is 0. The van der Waals surface area contributed by atoms with Gasteiger partial charge in [0.05, 0.1) is 6.04 Å². The van der Waals surface area contributed by atoms with Gasteiger partial charge in [-0.15, -0.1) is 0 Å². The molecule has 1 atom stereocenters. The molecule has 2 nitrogen and oxygen atoms in total. The van der Waals surface area contributed by atoms with Crippen molar-refractivity contribution < 1.29 is 4.79 Å². The summed E-state index contributed by atoms with van der Waals surface area (Å²) in [5.74, 6) is 0. The Balaban J connectivity index is 2.30. The van der Waals surface area contributed by atoms with Crippen molar-refractivity contribution in [3.63, 3.8) is 0 Å². The highest BCUT2D eigenvalue weighted by Crippen LogP contribution is 2.10. The Morgan fingerprint density at radius 3 is 2.40 bits per heavy atom. The van der Waals surface area contributed by atoms with E-state index in [4.69, 9.17) is 0 Å². The molecule has 1 rings (SSSR count). The molecule has 0 saturated carbocycles. The molecule has 0 N–H and O–H groups in total. The Morgan fingerprint density at radius 1 is 1.30 bits per heavy atom. The van der Waals surface area contributed by atoms with Gasteiger partial charge in [-0.1, -0.05) is 6.42 Å². The fourth-order valence-corrected chi connectivity index (χ4v) is 1.34. The highest BCUT2D eigenvalue weighted by molar-refractivity contribution is 5.58. The van der Waals surface area contributed by atoms with Gasteiger partial charge in [0.1, 0.15) is 6.29 Å². The summed E-state index contributed by atoms with van der Waals surface area (Å²) in [6.45, 7) is 5.84. The lowest BCUT2D eigenvalue weighted by molar-refractivity contribution is -0.111. The first-order valence-corrected chi connectivity index (χ1v) is 3.87. The number of carbonyl (C=O) groups excluding carboxylic acids is 1. The third-order valence-electron chi connectivity index (χ3n) is 2.02. The molecular formula is C8H14NO. The Labute approximate surface area is 62.2 Å². The number of piperidine rings is 1. The van der Waals surface area contributed by atoms with Crippen molar-refractivity contribution in [1.82, 2.24) is 4.90 Å². The highest BCUT2D eigenvalue weighted by Gasteiger charge is 2.14. The predicted molar refractivity (Wildman–Crippen MR) is 40.6 cm³/mol. The van der Waals surface area contributed by atoms with E-state index in [0.29, 0.717) is 0 Å². The van der Waals surface area contributed by atoms with Crippen LogP contribution in [0.3, 0.4) is 0 Å². The molecule has 1 radical (unpaired) electrons. The normalized spacial score (nSPS) is 24.1. The van der Waals surface area contributed by atoms with Gasteiger partial charge in [0.2, 0.25) is 0 Å². The van der Waals surface area contributed by atoms with Gasteiger partial charge in [-0.05, 0) is 32.9 Å². The first-order valence-electron chi connectivity index (χ1n) is 3.87. The second-order valence-electron chi connectivity index (χ2n) is 2.80. The fourth-order valence-electron chi connectivity index (χ4n) is 1.34. The van der Waals surface area contributed by atoms with Crippen LogP contribution in [-0.4, -0.2) is 30.3 Å². The Hall–Kier alpha value is -0.370.